The van der Waals surface area contributed by atoms with E-state index in [4.69, 9.17) is 15.5 Å². The van der Waals surface area contributed by atoms with Gasteiger partial charge in [-0.05, 0) is 67.5 Å². The molecule has 3 aromatic rings. The number of hydrogen-bond donors (Lipinski definition) is 3. The fraction of sp³-hybridized carbons (Fsp3) is 0.480. The van der Waals surface area contributed by atoms with Crippen LogP contribution in [0.3, 0.4) is 0 Å². The molecule has 0 saturated heterocycles. The molecule has 1 aromatic carbocycles. The molecule has 4 rings (SSSR count). The molecule has 1 aliphatic rings. The zero-order valence-corrected chi connectivity index (χ0v) is 21.6. The molecule has 0 radical (unpaired) electrons. The van der Waals surface area contributed by atoms with Crippen molar-refractivity contribution in [3.63, 3.8) is 0 Å². The number of pyridine rings is 1. The molecule has 1 fully saturated rings. The molecule has 1 atom stereocenters. The van der Waals surface area contributed by atoms with Crippen LogP contribution in [0.2, 0.25) is 0 Å². The standard InChI is InChI=1S/C25H31F3N6O2S/c1-3-15-12-16(13-17-14-30-24(33-22(15)17)31-19-6-4-18(29)5-7-19)20-8-9-21(32-23(20)36-2)34-37(35)11-10-25(26,27)28/h8-9,12-14,18-19H,3-7,10-11,29H2,1-2H3,(H,32,34)(H,30,31,33). The Hall–Kier alpha value is -2.83. The van der Waals surface area contributed by atoms with Gasteiger partial charge in [0.15, 0.2) is 5.82 Å². The monoisotopic (exact) mass is 536 g/mol. The Morgan fingerprint density at radius 3 is 2.59 bits per heavy atom. The Morgan fingerprint density at radius 2 is 1.92 bits per heavy atom. The van der Waals surface area contributed by atoms with E-state index < -0.39 is 29.7 Å². The first kappa shape index (κ1) is 27.2. The SMILES string of the molecule is CCc1cc(-c2ccc(N[S+]([O-])CCC(F)(F)F)nc2OC)cc2cnc(NC3CCC(N)CC3)nc12. The van der Waals surface area contributed by atoms with Crippen LogP contribution in [0.1, 0.15) is 44.6 Å². The number of methoxy groups -OCH3 is 1. The topological polar surface area (TPSA) is 121 Å². The number of nitrogens with zero attached hydrogens (tertiary/aromatic N) is 3. The Balaban J connectivity index is 1.56. The maximum Gasteiger partial charge on any atom is 0.393 e. The van der Waals surface area contributed by atoms with Gasteiger partial charge in [0.1, 0.15) is 5.75 Å². The quantitative estimate of drug-likeness (QED) is 0.328. The molecule has 0 spiro atoms. The summed E-state index contributed by atoms with van der Waals surface area (Å²) in [6, 6.07) is 7.86. The molecule has 2 heterocycles. The van der Waals surface area contributed by atoms with Gasteiger partial charge >= 0.3 is 6.18 Å². The Morgan fingerprint density at radius 1 is 1.16 bits per heavy atom. The number of halogens is 3. The number of ether oxygens (including phenoxy) is 1. The van der Waals surface area contributed by atoms with Crippen molar-refractivity contribution < 1.29 is 22.5 Å². The van der Waals surface area contributed by atoms with Crippen molar-refractivity contribution >= 4 is 34.0 Å². The van der Waals surface area contributed by atoms with Crippen LogP contribution in [0, 0.1) is 0 Å². The third-order valence-corrected chi connectivity index (χ3v) is 7.41. The normalized spacial score (nSPS) is 19.0. The van der Waals surface area contributed by atoms with Gasteiger partial charge in [-0.3, -0.25) is 0 Å². The highest BCUT2D eigenvalue weighted by molar-refractivity contribution is 7.92. The van der Waals surface area contributed by atoms with E-state index in [0.717, 1.165) is 54.1 Å². The lowest BCUT2D eigenvalue weighted by molar-refractivity contribution is -0.129. The number of fused-ring (bicyclic) bond motifs is 1. The van der Waals surface area contributed by atoms with Crippen molar-refractivity contribution in [2.45, 2.75) is 63.7 Å². The molecule has 1 unspecified atom stereocenters. The highest BCUT2D eigenvalue weighted by Crippen LogP contribution is 2.34. The zero-order chi connectivity index (χ0) is 26.6. The lowest BCUT2D eigenvalue weighted by Crippen LogP contribution is -2.33. The first-order valence-corrected chi connectivity index (χ1v) is 13.6. The zero-order valence-electron chi connectivity index (χ0n) is 20.8. The van der Waals surface area contributed by atoms with E-state index in [1.54, 1.807) is 18.3 Å². The second-order valence-corrected chi connectivity index (χ2v) is 10.5. The van der Waals surface area contributed by atoms with Gasteiger partial charge in [0.2, 0.25) is 11.8 Å². The second-order valence-electron chi connectivity index (χ2n) is 9.15. The number of nitrogens with two attached hydrogens (primary N) is 1. The number of hydrogen-bond acceptors (Lipinski definition) is 8. The van der Waals surface area contributed by atoms with Crippen LogP contribution >= 0.6 is 0 Å². The van der Waals surface area contributed by atoms with Gasteiger partial charge in [-0.25, -0.2) is 9.97 Å². The smallest absolute Gasteiger partial charge is 0.393 e. The third kappa shape index (κ3) is 7.14. The molecule has 2 aromatic heterocycles. The van der Waals surface area contributed by atoms with Crippen LogP contribution in [-0.2, 0) is 17.8 Å². The van der Waals surface area contributed by atoms with Crippen molar-refractivity contribution in [1.82, 2.24) is 15.0 Å². The van der Waals surface area contributed by atoms with E-state index in [2.05, 4.69) is 26.9 Å². The van der Waals surface area contributed by atoms with Crippen LogP contribution < -0.4 is 20.5 Å². The van der Waals surface area contributed by atoms with Gasteiger partial charge in [-0.15, -0.1) is 0 Å². The summed E-state index contributed by atoms with van der Waals surface area (Å²) in [7, 11) is 1.46. The molecule has 1 aliphatic carbocycles. The maximum atomic E-state index is 12.4. The Labute approximate surface area is 216 Å². The molecule has 0 amide bonds. The van der Waals surface area contributed by atoms with Crippen LogP contribution in [-0.4, -0.2) is 50.6 Å². The molecule has 200 valence electrons. The summed E-state index contributed by atoms with van der Waals surface area (Å²) in [5.74, 6) is 0.461. The van der Waals surface area contributed by atoms with Crippen molar-refractivity contribution in [3.8, 4) is 17.0 Å². The highest BCUT2D eigenvalue weighted by Gasteiger charge is 2.30. The molecular formula is C25H31F3N6O2S. The summed E-state index contributed by atoms with van der Waals surface area (Å²) in [5, 5.41) is 4.31. The highest BCUT2D eigenvalue weighted by atomic mass is 32.2. The van der Waals surface area contributed by atoms with Crippen molar-refractivity contribution in [3.05, 3.63) is 36.0 Å². The Kier molecular flexibility index (Phi) is 8.60. The lowest BCUT2D eigenvalue weighted by atomic mass is 9.92. The molecule has 8 nitrogen and oxygen atoms in total. The molecule has 1 saturated carbocycles. The minimum atomic E-state index is -4.37. The summed E-state index contributed by atoms with van der Waals surface area (Å²) in [4.78, 5) is 13.6. The first-order valence-electron chi connectivity index (χ1n) is 12.2. The molecule has 0 bridgehead atoms. The van der Waals surface area contributed by atoms with Gasteiger partial charge in [0.05, 0.1) is 30.4 Å². The molecule has 12 heteroatoms. The number of alkyl halides is 3. The number of nitrogens with one attached hydrogen (secondary N) is 2. The first-order chi connectivity index (χ1) is 17.6. The van der Waals surface area contributed by atoms with E-state index in [1.165, 1.54) is 7.11 Å². The largest absolute Gasteiger partial charge is 0.593 e. The van der Waals surface area contributed by atoms with Gasteiger partial charge in [0, 0.05) is 29.2 Å². The average molecular weight is 537 g/mol. The van der Waals surface area contributed by atoms with Gasteiger partial charge < -0.3 is 20.3 Å². The summed E-state index contributed by atoms with van der Waals surface area (Å²) in [5.41, 5.74) is 9.43. The van der Waals surface area contributed by atoms with E-state index in [-0.39, 0.29) is 17.7 Å². The summed E-state index contributed by atoms with van der Waals surface area (Å²) in [6.07, 6.45) is 0.987. The van der Waals surface area contributed by atoms with Gasteiger partial charge in [0.25, 0.3) is 0 Å². The van der Waals surface area contributed by atoms with Crippen molar-refractivity contribution in [2.24, 2.45) is 5.73 Å². The van der Waals surface area contributed by atoms with Crippen LogP contribution in [0.25, 0.3) is 22.0 Å². The van der Waals surface area contributed by atoms with E-state index in [0.29, 0.717) is 17.6 Å². The second kappa shape index (κ2) is 11.7. The minimum Gasteiger partial charge on any atom is -0.593 e. The van der Waals surface area contributed by atoms with E-state index in [9.17, 15) is 17.7 Å². The minimum absolute atomic E-state index is 0.167. The van der Waals surface area contributed by atoms with Crippen LogP contribution in [0.4, 0.5) is 24.9 Å². The van der Waals surface area contributed by atoms with Crippen molar-refractivity contribution in [2.75, 3.05) is 22.9 Å². The van der Waals surface area contributed by atoms with Crippen LogP contribution in [0.15, 0.2) is 30.5 Å². The average Bonchev–Trinajstić information content (AvgIpc) is 2.87. The summed E-state index contributed by atoms with van der Waals surface area (Å²) >= 11 is -1.93. The Bertz CT molecular complexity index is 1220. The van der Waals surface area contributed by atoms with Crippen molar-refractivity contribution in [1.29, 1.82) is 0 Å². The fourth-order valence-electron chi connectivity index (χ4n) is 4.41. The molecule has 37 heavy (non-hydrogen) atoms. The van der Waals surface area contributed by atoms with Gasteiger partial charge in [-0.2, -0.15) is 22.9 Å². The predicted molar refractivity (Wildman–Crippen MR) is 140 cm³/mol. The summed E-state index contributed by atoms with van der Waals surface area (Å²) < 4.78 is 57.2. The number of rotatable bonds is 9. The molecule has 4 N–H and O–H groups in total. The fourth-order valence-corrected chi connectivity index (χ4v) is 5.27. The summed E-state index contributed by atoms with van der Waals surface area (Å²) in [6.45, 7) is 2.05. The lowest BCUT2D eigenvalue weighted by Gasteiger charge is -2.26. The van der Waals surface area contributed by atoms with Crippen LogP contribution in [0.5, 0.6) is 5.88 Å². The number of aryl methyl sites for hydroxylation is 1. The van der Waals surface area contributed by atoms with Gasteiger partial charge in [-0.1, -0.05) is 6.92 Å². The number of benzene rings is 1. The molecular weight excluding hydrogens is 505 g/mol. The maximum absolute atomic E-state index is 12.4. The van der Waals surface area contributed by atoms with E-state index >= 15 is 0 Å². The number of anilines is 2. The third-order valence-electron chi connectivity index (χ3n) is 6.40. The number of aromatic nitrogens is 3. The van der Waals surface area contributed by atoms with E-state index in [1.807, 2.05) is 12.1 Å². The predicted octanol–water partition coefficient (Wildman–Crippen LogP) is 4.97. The molecule has 0 aliphatic heterocycles.